The summed E-state index contributed by atoms with van der Waals surface area (Å²) in [5.41, 5.74) is 3.72. The van der Waals surface area contributed by atoms with Crippen LogP contribution in [0.5, 0.6) is 0 Å². The van der Waals surface area contributed by atoms with Crippen molar-refractivity contribution >= 4 is 10.9 Å². The number of aromatic nitrogens is 1. The van der Waals surface area contributed by atoms with E-state index in [1.165, 1.54) is 12.1 Å². The number of alkyl halides is 3. The third kappa shape index (κ3) is 2.55. The summed E-state index contributed by atoms with van der Waals surface area (Å²) in [4.78, 5) is 4.62. The number of rotatable bonds is 1. The van der Waals surface area contributed by atoms with Crippen LogP contribution in [0.25, 0.3) is 22.0 Å². The highest BCUT2D eigenvalue weighted by molar-refractivity contribution is 5.97. The van der Waals surface area contributed by atoms with Gasteiger partial charge in [-0.1, -0.05) is 30.3 Å². The predicted molar refractivity (Wildman–Crippen MR) is 87.6 cm³/mol. The van der Waals surface area contributed by atoms with E-state index in [1.807, 2.05) is 30.3 Å². The lowest BCUT2D eigenvalue weighted by Crippen LogP contribution is -2.25. The first-order valence-electron chi connectivity index (χ1n) is 7.83. The Kier molecular flexibility index (Phi) is 3.53. The van der Waals surface area contributed by atoms with Gasteiger partial charge in [-0.3, -0.25) is 4.98 Å². The van der Waals surface area contributed by atoms with Gasteiger partial charge in [0.15, 0.2) is 0 Å². The van der Waals surface area contributed by atoms with Crippen molar-refractivity contribution in [3.05, 3.63) is 65.4 Å². The molecule has 0 atom stereocenters. The van der Waals surface area contributed by atoms with Crippen molar-refractivity contribution in [3.8, 4) is 11.1 Å². The predicted octanol–water partition coefficient (Wildman–Crippen LogP) is 4.57. The van der Waals surface area contributed by atoms with Gasteiger partial charge in [0.25, 0.3) is 0 Å². The number of hydrogen-bond donors (Lipinski definition) is 1. The van der Waals surface area contributed by atoms with Crippen LogP contribution in [0.15, 0.2) is 48.5 Å². The van der Waals surface area contributed by atoms with Gasteiger partial charge in [-0.05, 0) is 34.9 Å². The molecule has 2 aromatic carbocycles. The second kappa shape index (κ2) is 5.60. The zero-order valence-electron chi connectivity index (χ0n) is 12.8. The molecule has 0 spiro atoms. The van der Waals surface area contributed by atoms with E-state index in [4.69, 9.17) is 0 Å². The monoisotopic (exact) mass is 328 g/mol. The molecular weight excluding hydrogens is 313 g/mol. The molecule has 0 aliphatic carbocycles. The van der Waals surface area contributed by atoms with E-state index in [9.17, 15) is 13.2 Å². The van der Waals surface area contributed by atoms with Crippen LogP contribution < -0.4 is 5.32 Å². The van der Waals surface area contributed by atoms with Crippen LogP contribution in [-0.4, -0.2) is 11.5 Å². The van der Waals surface area contributed by atoms with Crippen molar-refractivity contribution in [2.24, 2.45) is 0 Å². The topological polar surface area (TPSA) is 24.9 Å². The van der Waals surface area contributed by atoms with Crippen LogP contribution in [0.2, 0.25) is 0 Å². The van der Waals surface area contributed by atoms with Gasteiger partial charge in [0.05, 0.1) is 11.1 Å². The molecule has 0 saturated heterocycles. The molecule has 1 N–H and O–H groups in total. The lowest BCUT2D eigenvalue weighted by molar-refractivity contribution is -0.137. The molecule has 1 aliphatic rings. The number of fused-ring (bicyclic) bond motifs is 2. The summed E-state index contributed by atoms with van der Waals surface area (Å²) in [5.74, 6) is 0. The molecule has 122 valence electrons. The second-order valence-corrected chi connectivity index (χ2v) is 5.93. The Bertz CT molecular complexity index is 902. The highest BCUT2D eigenvalue weighted by atomic mass is 19.4. The van der Waals surface area contributed by atoms with Crippen molar-refractivity contribution in [2.45, 2.75) is 19.1 Å². The Labute approximate surface area is 137 Å². The van der Waals surface area contributed by atoms with Gasteiger partial charge in [0.1, 0.15) is 0 Å². The molecule has 0 radical (unpaired) electrons. The SMILES string of the molecule is FC(F)(F)c1ccc2nc3c(c(-c4ccccc4)c2c1)CNCC3. The third-order valence-electron chi connectivity index (χ3n) is 4.40. The maximum absolute atomic E-state index is 13.2. The Morgan fingerprint density at radius 3 is 2.54 bits per heavy atom. The molecule has 1 aliphatic heterocycles. The summed E-state index contributed by atoms with van der Waals surface area (Å²) >= 11 is 0. The normalized spacial score (nSPS) is 14.6. The fourth-order valence-electron chi connectivity index (χ4n) is 3.28. The first-order chi connectivity index (χ1) is 11.5. The van der Waals surface area contributed by atoms with Crippen molar-refractivity contribution in [3.63, 3.8) is 0 Å². The first-order valence-corrected chi connectivity index (χ1v) is 7.83. The van der Waals surface area contributed by atoms with Gasteiger partial charge in [0.2, 0.25) is 0 Å². The average molecular weight is 328 g/mol. The zero-order valence-corrected chi connectivity index (χ0v) is 12.8. The smallest absolute Gasteiger partial charge is 0.312 e. The van der Waals surface area contributed by atoms with E-state index in [2.05, 4.69) is 10.3 Å². The average Bonchev–Trinajstić information content (AvgIpc) is 2.59. The van der Waals surface area contributed by atoms with Crippen molar-refractivity contribution in [1.82, 2.24) is 10.3 Å². The van der Waals surface area contributed by atoms with Crippen LogP contribution >= 0.6 is 0 Å². The summed E-state index contributed by atoms with van der Waals surface area (Å²) in [5, 5.41) is 3.85. The lowest BCUT2D eigenvalue weighted by atomic mass is 9.91. The molecule has 0 amide bonds. The minimum absolute atomic E-state index is 0.554. The minimum atomic E-state index is -4.36. The maximum atomic E-state index is 13.2. The maximum Gasteiger partial charge on any atom is 0.416 e. The molecule has 3 aromatic rings. The van der Waals surface area contributed by atoms with E-state index in [-0.39, 0.29) is 0 Å². The van der Waals surface area contributed by atoms with Crippen molar-refractivity contribution < 1.29 is 13.2 Å². The number of nitrogens with one attached hydrogen (secondary N) is 1. The molecular formula is C19H15F3N2. The van der Waals surface area contributed by atoms with Gasteiger partial charge < -0.3 is 5.32 Å². The van der Waals surface area contributed by atoms with E-state index >= 15 is 0 Å². The zero-order chi connectivity index (χ0) is 16.7. The highest BCUT2D eigenvalue weighted by Gasteiger charge is 2.31. The van der Waals surface area contributed by atoms with Crippen LogP contribution in [0.3, 0.4) is 0 Å². The van der Waals surface area contributed by atoms with Gasteiger partial charge >= 0.3 is 6.18 Å². The van der Waals surface area contributed by atoms with E-state index in [0.717, 1.165) is 41.4 Å². The van der Waals surface area contributed by atoms with Crippen LogP contribution in [0.1, 0.15) is 16.8 Å². The molecule has 2 heterocycles. The number of hydrogen-bond acceptors (Lipinski definition) is 2. The highest BCUT2D eigenvalue weighted by Crippen LogP contribution is 2.38. The Morgan fingerprint density at radius 1 is 1.00 bits per heavy atom. The Morgan fingerprint density at radius 2 is 1.79 bits per heavy atom. The van der Waals surface area contributed by atoms with Gasteiger partial charge in [-0.2, -0.15) is 13.2 Å². The van der Waals surface area contributed by atoms with Crippen LogP contribution in [0.4, 0.5) is 13.2 Å². The van der Waals surface area contributed by atoms with Crippen molar-refractivity contribution in [2.75, 3.05) is 6.54 Å². The Hall–Kier alpha value is -2.40. The summed E-state index contributed by atoms with van der Waals surface area (Å²) in [7, 11) is 0. The van der Waals surface area contributed by atoms with Gasteiger partial charge in [-0.15, -0.1) is 0 Å². The number of halogens is 3. The van der Waals surface area contributed by atoms with Gasteiger partial charge in [-0.25, -0.2) is 0 Å². The quantitative estimate of drug-likeness (QED) is 0.708. The molecule has 0 fully saturated rings. The van der Waals surface area contributed by atoms with E-state index in [0.29, 0.717) is 17.4 Å². The lowest BCUT2D eigenvalue weighted by Gasteiger charge is -2.22. The van der Waals surface area contributed by atoms with Crippen LogP contribution in [-0.2, 0) is 19.1 Å². The summed E-state index contributed by atoms with van der Waals surface area (Å²) in [6.45, 7) is 1.46. The summed E-state index contributed by atoms with van der Waals surface area (Å²) < 4.78 is 39.5. The van der Waals surface area contributed by atoms with Crippen LogP contribution in [0, 0.1) is 0 Å². The standard InChI is InChI=1S/C19H15F3N2/c20-19(21,22)13-6-7-16-14(10-13)18(12-4-2-1-3-5-12)15-11-23-9-8-17(15)24-16/h1-7,10,23H,8-9,11H2. The van der Waals surface area contributed by atoms with E-state index < -0.39 is 11.7 Å². The minimum Gasteiger partial charge on any atom is -0.312 e. The van der Waals surface area contributed by atoms with Gasteiger partial charge in [0, 0.05) is 30.6 Å². The Balaban J connectivity index is 2.07. The molecule has 0 unspecified atom stereocenters. The number of nitrogens with zero attached hydrogens (tertiary/aromatic N) is 1. The number of benzene rings is 2. The second-order valence-electron chi connectivity index (χ2n) is 5.93. The fraction of sp³-hybridized carbons (Fsp3) is 0.211. The summed E-state index contributed by atoms with van der Waals surface area (Å²) in [6, 6.07) is 13.4. The molecule has 0 saturated carbocycles. The molecule has 0 bridgehead atoms. The third-order valence-corrected chi connectivity index (χ3v) is 4.40. The molecule has 4 rings (SSSR count). The largest absolute Gasteiger partial charge is 0.416 e. The molecule has 5 heteroatoms. The number of pyridine rings is 1. The summed E-state index contributed by atoms with van der Waals surface area (Å²) in [6.07, 6.45) is -3.58. The molecule has 24 heavy (non-hydrogen) atoms. The van der Waals surface area contributed by atoms with Crippen molar-refractivity contribution in [1.29, 1.82) is 0 Å². The van der Waals surface area contributed by atoms with E-state index in [1.54, 1.807) is 0 Å². The molecule has 2 nitrogen and oxygen atoms in total. The first kappa shape index (κ1) is 15.1. The molecule has 1 aromatic heterocycles. The fourth-order valence-corrected chi connectivity index (χ4v) is 3.28.